The van der Waals surface area contributed by atoms with Crippen molar-refractivity contribution in [2.75, 3.05) is 23.7 Å². The summed E-state index contributed by atoms with van der Waals surface area (Å²) in [5.74, 6) is 1.40. The van der Waals surface area contributed by atoms with E-state index in [1.165, 1.54) is 11.1 Å². The average Bonchev–Trinajstić information content (AvgIpc) is 3.60. The van der Waals surface area contributed by atoms with Gasteiger partial charge in [-0.05, 0) is 35.4 Å². The number of likely N-dealkylation sites (tertiary alicyclic amines) is 1. The first-order valence-corrected chi connectivity index (χ1v) is 13.3. The van der Waals surface area contributed by atoms with Crippen molar-refractivity contribution >= 4 is 34.3 Å². The molecule has 0 unspecified atom stereocenters. The minimum Gasteiger partial charge on any atom is -0.364 e. The van der Waals surface area contributed by atoms with Crippen molar-refractivity contribution in [3.8, 4) is 5.69 Å². The number of rotatable bonds is 8. The van der Waals surface area contributed by atoms with Gasteiger partial charge in [-0.1, -0.05) is 60.7 Å². The normalized spacial score (nSPS) is 14.8. The number of aromatic nitrogens is 4. The number of imidazole rings is 1. The fourth-order valence-corrected chi connectivity index (χ4v) is 5.34. The maximum atomic E-state index is 4.92. The first-order chi connectivity index (χ1) is 17.8. The summed E-state index contributed by atoms with van der Waals surface area (Å²) in [5.41, 5.74) is 5.22. The van der Waals surface area contributed by atoms with Gasteiger partial charge in [0.05, 0.1) is 5.69 Å². The number of anilines is 2. The third-order valence-corrected chi connectivity index (χ3v) is 7.32. The molecule has 0 radical (unpaired) electrons. The number of benzene rings is 2. The fourth-order valence-electron chi connectivity index (χ4n) is 4.71. The second kappa shape index (κ2) is 10.5. The van der Waals surface area contributed by atoms with E-state index in [0.29, 0.717) is 18.5 Å². The van der Waals surface area contributed by atoms with Crippen molar-refractivity contribution in [2.45, 2.75) is 32.0 Å². The van der Waals surface area contributed by atoms with Crippen LogP contribution in [0.25, 0.3) is 16.9 Å². The van der Waals surface area contributed by atoms with Gasteiger partial charge < -0.3 is 10.6 Å². The van der Waals surface area contributed by atoms with Crippen molar-refractivity contribution in [3.05, 3.63) is 94.9 Å². The molecule has 1 aliphatic rings. The molecule has 0 spiro atoms. The Hall–Kier alpha value is -3.75. The Bertz CT molecular complexity index is 1390. The Balaban J connectivity index is 1.21. The minimum absolute atomic E-state index is 0.342. The van der Waals surface area contributed by atoms with E-state index in [1.54, 1.807) is 11.3 Å². The predicted octanol–water partition coefficient (Wildman–Crippen LogP) is 5.57. The van der Waals surface area contributed by atoms with Crippen LogP contribution in [0.4, 0.5) is 11.8 Å². The van der Waals surface area contributed by atoms with Crippen molar-refractivity contribution in [1.82, 2.24) is 24.4 Å². The van der Waals surface area contributed by atoms with E-state index in [9.17, 15) is 0 Å². The highest BCUT2D eigenvalue weighted by Crippen LogP contribution is 2.26. The van der Waals surface area contributed by atoms with Crippen LogP contribution < -0.4 is 10.6 Å². The third kappa shape index (κ3) is 5.10. The summed E-state index contributed by atoms with van der Waals surface area (Å²) in [6.45, 7) is 3.79. The van der Waals surface area contributed by atoms with Crippen LogP contribution in [0.5, 0.6) is 0 Å². The largest absolute Gasteiger partial charge is 0.364 e. The van der Waals surface area contributed by atoms with Gasteiger partial charge in [-0.25, -0.2) is 4.98 Å². The van der Waals surface area contributed by atoms with Crippen molar-refractivity contribution in [3.63, 3.8) is 0 Å². The van der Waals surface area contributed by atoms with Crippen LogP contribution in [0.15, 0.2) is 83.8 Å². The van der Waals surface area contributed by atoms with E-state index in [-0.39, 0.29) is 0 Å². The fraction of sp³-hybridized carbons (Fsp3) is 0.250. The number of hydrogen-bond acceptors (Lipinski definition) is 7. The van der Waals surface area contributed by atoms with E-state index in [1.807, 2.05) is 17.0 Å². The highest BCUT2D eigenvalue weighted by atomic mass is 32.1. The highest BCUT2D eigenvalue weighted by molar-refractivity contribution is 7.08. The summed E-state index contributed by atoms with van der Waals surface area (Å²) >= 11 is 1.66. The molecule has 5 aromatic rings. The lowest BCUT2D eigenvalue weighted by molar-refractivity contribution is 0.211. The topological polar surface area (TPSA) is 70.9 Å². The van der Waals surface area contributed by atoms with Crippen molar-refractivity contribution < 1.29 is 0 Å². The SMILES string of the molecule is c1ccc(CNc2nc(NC3CCN(Cc4ccccc4)CC3)nc3c2ncn3-c2ccsc2)cc1. The third-order valence-electron chi connectivity index (χ3n) is 6.65. The first-order valence-electron chi connectivity index (χ1n) is 12.4. The summed E-state index contributed by atoms with van der Waals surface area (Å²) in [6.07, 6.45) is 3.95. The molecule has 3 aromatic heterocycles. The van der Waals surface area contributed by atoms with E-state index >= 15 is 0 Å². The summed E-state index contributed by atoms with van der Waals surface area (Å²) in [7, 11) is 0. The lowest BCUT2D eigenvalue weighted by atomic mass is 10.0. The van der Waals surface area contributed by atoms with Crippen molar-refractivity contribution in [1.29, 1.82) is 0 Å². The zero-order chi connectivity index (χ0) is 24.2. The minimum atomic E-state index is 0.342. The van der Waals surface area contributed by atoms with Gasteiger partial charge in [0.1, 0.15) is 6.33 Å². The molecule has 0 amide bonds. The molecular formula is C28H29N7S. The van der Waals surface area contributed by atoms with Gasteiger partial charge in [-0.2, -0.15) is 21.3 Å². The Morgan fingerprint density at radius 2 is 1.64 bits per heavy atom. The summed E-state index contributed by atoms with van der Waals surface area (Å²) in [5, 5.41) is 11.3. The molecule has 8 heteroatoms. The van der Waals surface area contributed by atoms with Gasteiger partial charge in [0, 0.05) is 37.6 Å². The number of hydrogen-bond donors (Lipinski definition) is 2. The molecule has 0 atom stereocenters. The smallest absolute Gasteiger partial charge is 0.227 e. The Morgan fingerprint density at radius 1 is 0.889 bits per heavy atom. The Labute approximate surface area is 214 Å². The molecule has 1 aliphatic heterocycles. The number of nitrogens with zero attached hydrogens (tertiary/aromatic N) is 5. The molecule has 182 valence electrons. The Morgan fingerprint density at radius 3 is 2.36 bits per heavy atom. The van der Waals surface area contributed by atoms with Crippen LogP contribution in [0, 0.1) is 0 Å². The van der Waals surface area contributed by atoms with Crippen LogP contribution in [0.1, 0.15) is 24.0 Å². The molecule has 2 N–H and O–H groups in total. The van der Waals surface area contributed by atoms with Crippen molar-refractivity contribution in [2.24, 2.45) is 0 Å². The van der Waals surface area contributed by atoms with Gasteiger partial charge in [0.2, 0.25) is 5.95 Å². The molecule has 0 bridgehead atoms. The lowest BCUT2D eigenvalue weighted by Gasteiger charge is -2.32. The molecule has 1 fully saturated rings. The standard InChI is InChI=1S/C28H29N7S/c1-3-7-21(8-4-1)17-29-26-25-27(35(20-30-25)24-13-16-36-19-24)33-28(32-26)31-23-11-14-34(15-12-23)18-22-9-5-2-6-10-22/h1-10,13,16,19-20,23H,11-12,14-15,17-18H2,(H2,29,31,32,33). The first kappa shape index (κ1) is 22.7. The summed E-state index contributed by atoms with van der Waals surface area (Å²) < 4.78 is 2.04. The molecule has 7 nitrogen and oxygen atoms in total. The maximum Gasteiger partial charge on any atom is 0.227 e. The highest BCUT2D eigenvalue weighted by Gasteiger charge is 2.21. The van der Waals surface area contributed by atoms with Crippen LogP contribution in [0.3, 0.4) is 0 Å². The van der Waals surface area contributed by atoms with E-state index in [2.05, 4.69) is 91.9 Å². The van der Waals surface area contributed by atoms with Crippen LogP contribution >= 0.6 is 11.3 Å². The number of nitrogens with one attached hydrogen (secondary N) is 2. The number of fused-ring (bicyclic) bond motifs is 1. The molecule has 36 heavy (non-hydrogen) atoms. The molecule has 6 rings (SSSR count). The van der Waals surface area contributed by atoms with Gasteiger partial charge in [-0.15, -0.1) is 0 Å². The van der Waals surface area contributed by atoms with Gasteiger partial charge in [0.15, 0.2) is 17.0 Å². The van der Waals surface area contributed by atoms with Crippen LogP contribution in [0.2, 0.25) is 0 Å². The summed E-state index contributed by atoms with van der Waals surface area (Å²) in [4.78, 5) is 17.0. The average molecular weight is 496 g/mol. The molecule has 0 saturated carbocycles. The van der Waals surface area contributed by atoms with E-state index in [0.717, 1.165) is 55.1 Å². The monoisotopic (exact) mass is 495 g/mol. The molecule has 4 heterocycles. The predicted molar refractivity (Wildman–Crippen MR) is 147 cm³/mol. The lowest BCUT2D eigenvalue weighted by Crippen LogP contribution is -2.39. The van der Waals surface area contributed by atoms with E-state index in [4.69, 9.17) is 9.97 Å². The quantitative estimate of drug-likeness (QED) is 0.293. The second-order valence-corrected chi connectivity index (χ2v) is 9.96. The zero-order valence-electron chi connectivity index (χ0n) is 20.0. The number of thiophene rings is 1. The summed E-state index contributed by atoms with van der Waals surface area (Å²) in [6, 6.07) is 23.5. The maximum absolute atomic E-state index is 4.92. The van der Waals surface area contributed by atoms with Crippen LogP contribution in [-0.2, 0) is 13.1 Å². The molecule has 1 saturated heterocycles. The molecule has 0 aliphatic carbocycles. The molecule has 2 aromatic carbocycles. The number of piperidine rings is 1. The van der Waals surface area contributed by atoms with E-state index < -0.39 is 0 Å². The Kier molecular flexibility index (Phi) is 6.60. The second-order valence-electron chi connectivity index (χ2n) is 9.18. The molecular weight excluding hydrogens is 466 g/mol. The van der Waals surface area contributed by atoms with Crippen LogP contribution in [-0.4, -0.2) is 43.6 Å². The zero-order valence-corrected chi connectivity index (χ0v) is 20.9. The van der Waals surface area contributed by atoms with Gasteiger partial charge in [0.25, 0.3) is 0 Å². The van der Waals surface area contributed by atoms with Gasteiger partial charge in [-0.3, -0.25) is 9.47 Å². The van der Waals surface area contributed by atoms with Gasteiger partial charge >= 0.3 is 0 Å².